The maximum atomic E-state index is 13.2. The number of aromatic nitrogens is 2. The minimum Gasteiger partial charge on any atom is -0.344 e. The second-order valence-electron chi connectivity index (χ2n) is 7.85. The highest BCUT2D eigenvalue weighted by Crippen LogP contribution is 2.28. The Kier molecular flexibility index (Phi) is 6.03. The molecule has 2 atom stereocenters. The van der Waals surface area contributed by atoms with E-state index in [1.54, 1.807) is 24.0 Å². The van der Waals surface area contributed by atoms with E-state index in [1.165, 1.54) is 10.4 Å². The van der Waals surface area contributed by atoms with Crippen molar-refractivity contribution in [1.82, 2.24) is 23.3 Å². The van der Waals surface area contributed by atoms with Gasteiger partial charge in [-0.05, 0) is 44.7 Å². The van der Waals surface area contributed by atoms with Gasteiger partial charge in [0, 0.05) is 26.2 Å². The molecule has 0 bridgehead atoms. The molecule has 0 saturated carbocycles. The Morgan fingerprint density at radius 3 is 2.70 bits per heavy atom. The number of nitrogens with zero attached hydrogens (tertiary/aromatic N) is 4. The van der Waals surface area contributed by atoms with Gasteiger partial charge in [-0.25, -0.2) is 8.42 Å². The van der Waals surface area contributed by atoms with E-state index in [0.29, 0.717) is 30.4 Å². The highest BCUT2D eigenvalue weighted by Gasteiger charge is 2.35. The number of piperidine rings is 1. The third kappa shape index (κ3) is 4.06. The lowest BCUT2D eigenvalue weighted by atomic mass is 9.98. The van der Waals surface area contributed by atoms with Crippen LogP contribution in [-0.2, 0) is 19.6 Å². The van der Waals surface area contributed by atoms with E-state index in [-0.39, 0.29) is 23.3 Å². The van der Waals surface area contributed by atoms with Gasteiger partial charge in [-0.1, -0.05) is 6.07 Å². The van der Waals surface area contributed by atoms with Crippen LogP contribution in [0.25, 0.3) is 11.0 Å². The number of carbonyl (C=O) groups is 2. The Labute approximate surface area is 179 Å². The van der Waals surface area contributed by atoms with Crippen molar-refractivity contribution < 1.29 is 18.0 Å². The average molecular weight is 452 g/mol. The average Bonchev–Trinajstić information content (AvgIpc) is 3.44. The van der Waals surface area contributed by atoms with Crippen molar-refractivity contribution >= 4 is 44.6 Å². The normalized spacial score (nSPS) is 21.6. The van der Waals surface area contributed by atoms with Crippen LogP contribution in [0.3, 0.4) is 0 Å². The van der Waals surface area contributed by atoms with Crippen molar-refractivity contribution in [2.24, 2.45) is 5.92 Å². The lowest BCUT2D eigenvalue weighted by Gasteiger charge is -2.32. The van der Waals surface area contributed by atoms with Gasteiger partial charge in [0.15, 0.2) is 0 Å². The summed E-state index contributed by atoms with van der Waals surface area (Å²) in [6.45, 7) is 3.58. The van der Waals surface area contributed by atoms with Gasteiger partial charge in [-0.2, -0.15) is 13.1 Å². The van der Waals surface area contributed by atoms with Gasteiger partial charge < -0.3 is 10.2 Å². The fraction of sp³-hybridized carbons (Fsp3) is 0.579. The second kappa shape index (κ2) is 8.56. The number of sulfonamides is 1. The predicted octanol–water partition coefficient (Wildman–Crippen LogP) is 1.22. The molecule has 2 saturated heterocycles. The first kappa shape index (κ1) is 21.1. The van der Waals surface area contributed by atoms with E-state index in [4.69, 9.17) is 0 Å². The Morgan fingerprint density at radius 1 is 1.17 bits per heavy atom. The SMILES string of the molecule is C[C@@H](NC(=O)C1CCCN(S(=O)(=O)c2cccc3nsnc23)C1)C(=O)N1CCCC1. The topological polar surface area (TPSA) is 113 Å². The summed E-state index contributed by atoms with van der Waals surface area (Å²) in [7, 11) is -3.80. The largest absolute Gasteiger partial charge is 0.344 e. The maximum Gasteiger partial charge on any atom is 0.245 e. The van der Waals surface area contributed by atoms with Gasteiger partial charge in [-0.3, -0.25) is 9.59 Å². The quantitative estimate of drug-likeness (QED) is 0.731. The first-order valence-corrected chi connectivity index (χ1v) is 12.4. The zero-order chi connectivity index (χ0) is 21.3. The number of hydrogen-bond donors (Lipinski definition) is 1. The second-order valence-corrected chi connectivity index (χ2v) is 10.3. The number of carbonyl (C=O) groups excluding carboxylic acids is 2. The molecule has 1 aromatic heterocycles. The van der Waals surface area contributed by atoms with Gasteiger partial charge in [-0.15, -0.1) is 0 Å². The van der Waals surface area contributed by atoms with Gasteiger partial charge in [0.1, 0.15) is 22.0 Å². The summed E-state index contributed by atoms with van der Waals surface area (Å²) in [5.74, 6) is -0.845. The molecule has 1 unspecified atom stereocenters. The molecule has 11 heteroatoms. The van der Waals surface area contributed by atoms with E-state index in [0.717, 1.165) is 37.7 Å². The van der Waals surface area contributed by atoms with E-state index < -0.39 is 22.0 Å². The molecule has 0 radical (unpaired) electrons. The summed E-state index contributed by atoms with van der Waals surface area (Å²) in [6.07, 6.45) is 3.15. The molecule has 2 aliphatic heterocycles. The zero-order valence-electron chi connectivity index (χ0n) is 16.8. The summed E-state index contributed by atoms with van der Waals surface area (Å²) in [5.41, 5.74) is 0.903. The van der Waals surface area contributed by atoms with Crippen LogP contribution in [-0.4, -0.2) is 70.4 Å². The fourth-order valence-electron chi connectivity index (χ4n) is 4.11. The summed E-state index contributed by atoms with van der Waals surface area (Å²) < 4.78 is 36.1. The molecular formula is C19H25N5O4S2. The minimum atomic E-state index is -3.80. The Hall–Kier alpha value is -2.11. The summed E-state index contributed by atoms with van der Waals surface area (Å²) in [4.78, 5) is 27.1. The standard InChI is InChI=1S/C19H25N5O4S2/c1-13(19(26)23-9-2-3-10-23)20-18(25)14-6-5-11-24(12-14)30(27,28)16-8-4-7-15-17(16)22-29-21-15/h4,7-8,13-14H,2-3,5-6,9-12H2,1H3,(H,20,25)/t13-,14?/m1/s1. The van der Waals surface area contributed by atoms with Crippen LogP contribution in [0.1, 0.15) is 32.6 Å². The van der Waals surface area contributed by atoms with Crippen molar-refractivity contribution in [3.63, 3.8) is 0 Å². The number of rotatable bonds is 5. The Bertz CT molecular complexity index is 1050. The van der Waals surface area contributed by atoms with Crippen LogP contribution in [0.2, 0.25) is 0 Å². The molecule has 0 spiro atoms. The molecule has 4 rings (SSSR count). The third-order valence-electron chi connectivity index (χ3n) is 5.77. The molecule has 162 valence electrons. The monoisotopic (exact) mass is 451 g/mol. The van der Waals surface area contributed by atoms with E-state index in [9.17, 15) is 18.0 Å². The number of benzene rings is 1. The molecule has 2 fully saturated rings. The fourth-order valence-corrected chi connectivity index (χ4v) is 6.38. The highest BCUT2D eigenvalue weighted by atomic mass is 32.2. The van der Waals surface area contributed by atoms with Crippen LogP contribution in [0.5, 0.6) is 0 Å². The molecule has 2 amide bonds. The predicted molar refractivity (Wildman–Crippen MR) is 112 cm³/mol. The van der Waals surface area contributed by atoms with Crippen molar-refractivity contribution in [2.75, 3.05) is 26.2 Å². The van der Waals surface area contributed by atoms with Crippen LogP contribution < -0.4 is 5.32 Å². The third-order valence-corrected chi connectivity index (χ3v) is 8.21. The van der Waals surface area contributed by atoms with E-state index in [1.807, 2.05) is 0 Å². The van der Waals surface area contributed by atoms with Crippen LogP contribution in [0.15, 0.2) is 23.1 Å². The lowest BCUT2D eigenvalue weighted by Crippen LogP contribution is -2.51. The van der Waals surface area contributed by atoms with E-state index in [2.05, 4.69) is 14.1 Å². The Balaban J connectivity index is 1.45. The molecule has 9 nitrogen and oxygen atoms in total. The van der Waals surface area contributed by atoms with Gasteiger partial charge in [0.25, 0.3) is 0 Å². The van der Waals surface area contributed by atoms with E-state index >= 15 is 0 Å². The molecule has 1 aromatic carbocycles. The zero-order valence-corrected chi connectivity index (χ0v) is 18.4. The van der Waals surface area contributed by atoms with Gasteiger partial charge in [0.2, 0.25) is 21.8 Å². The summed E-state index contributed by atoms with van der Waals surface area (Å²) >= 11 is 0.972. The minimum absolute atomic E-state index is 0.0798. The van der Waals surface area contributed by atoms with Crippen LogP contribution >= 0.6 is 11.7 Å². The number of amides is 2. The van der Waals surface area contributed by atoms with Crippen molar-refractivity contribution in [1.29, 1.82) is 0 Å². The first-order valence-electron chi connectivity index (χ1n) is 10.2. The number of hydrogen-bond acceptors (Lipinski definition) is 7. The number of fused-ring (bicyclic) bond motifs is 1. The van der Waals surface area contributed by atoms with Crippen LogP contribution in [0.4, 0.5) is 0 Å². The molecule has 2 aromatic rings. The Morgan fingerprint density at radius 2 is 1.93 bits per heavy atom. The molecular weight excluding hydrogens is 426 g/mol. The maximum absolute atomic E-state index is 13.2. The molecule has 1 N–H and O–H groups in total. The first-order chi connectivity index (χ1) is 14.4. The van der Waals surface area contributed by atoms with Gasteiger partial charge in [0.05, 0.1) is 17.6 Å². The summed E-state index contributed by atoms with van der Waals surface area (Å²) in [5, 5.41) is 2.79. The molecule has 2 aliphatic rings. The number of nitrogens with one attached hydrogen (secondary N) is 1. The van der Waals surface area contributed by atoms with Crippen molar-refractivity contribution in [3.05, 3.63) is 18.2 Å². The lowest BCUT2D eigenvalue weighted by molar-refractivity contribution is -0.136. The van der Waals surface area contributed by atoms with Gasteiger partial charge >= 0.3 is 0 Å². The molecule has 0 aliphatic carbocycles. The van der Waals surface area contributed by atoms with Crippen molar-refractivity contribution in [2.45, 2.75) is 43.5 Å². The molecule has 3 heterocycles. The molecule has 30 heavy (non-hydrogen) atoms. The highest BCUT2D eigenvalue weighted by molar-refractivity contribution is 7.89. The van der Waals surface area contributed by atoms with Crippen LogP contribution in [0, 0.1) is 5.92 Å². The van der Waals surface area contributed by atoms with Crippen molar-refractivity contribution in [3.8, 4) is 0 Å². The summed E-state index contributed by atoms with van der Waals surface area (Å²) in [6, 6.07) is 4.29. The number of likely N-dealkylation sites (tertiary alicyclic amines) is 1. The smallest absolute Gasteiger partial charge is 0.245 e.